The maximum absolute atomic E-state index is 12.5. The Balaban J connectivity index is 1.52. The first-order valence-corrected chi connectivity index (χ1v) is 9.47. The molecule has 142 valence electrons. The molecule has 3 heterocycles. The lowest BCUT2D eigenvalue weighted by atomic mass is 9.84. The number of carbonyl (C=O) groups is 2. The lowest BCUT2D eigenvalue weighted by molar-refractivity contribution is -0.136. The first-order chi connectivity index (χ1) is 12.5. The van der Waals surface area contributed by atoms with Gasteiger partial charge in [-0.3, -0.25) is 9.59 Å². The molecule has 3 rings (SSSR count). The van der Waals surface area contributed by atoms with E-state index in [1.54, 1.807) is 12.4 Å². The van der Waals surface area contributed by atoms with Crippen LogP contribution in [-0.2, 0) is 16.0 Å². The van der Waals surface area contributed by atoms with Crippen LogP contribution in [0.2, 0.25) is 0 Å². The van der Waals surface area contributed by atoms with Crippen LogP contribution in [0, 0.1) is 0 Å². The Morgan fingerprint density at radius 2 is 1.88 bits per heavy atom. The Hall–Kier alpha value is -2.02. The van der Waals surface area contributed by atoms with Crippen LogP contribution in [0.25, 0.3) is 0 Å². The Labute approximate surface area is 155 Å². The van der Waals surface area contributed by atoms with Gasteiger partial charge in [-0.05, 0) is 45.3 Å². The van der Waals surface area contributed by atoms with Crippen LogP contribution in [0.1, 0.15) is 37.7 Å². The molecule has 0 aromatic carbocycles. The third-order valence-corrected chi connectivity index (χ3v) is 5.74. The summed E-state index contributed by atoms with van der Waals surface area (Å²) in [5.41, 5.74) is 0.961. The minimum absolute atomic E-state index is 0.0306. The number of hydrogen-bond donors (Lipinski definition) is 0. The van der Waals surface area contributed by atoms with E-state index in [0.717, 1.165) is 51.0 Å². The summed E-state index contributed by atoms with van der Waals surface area (Å²) in [7, 11) is 4.07. The van der Waals surface area contributed by atoms with Crippen molar-refractivity contribution in [3.8, 4) is 0 Å². The van der Waals surface area contributed by atoms with Gasteiger partial charge in [-0.1, -0.05) is 0 Å². The molecule has 0 aliphatic carbocycles. The number of nitrogens with zero attached hydrogens (tertiary/aromatic N) is 5. The molecule has 2 saturated heterocycles. The molecule has 7 heteroatoms. The van der Waals surface area contributed by atoms with E-state index in [2.05, 4.69) is 19.8 Å². The molecule has 2 aliphatic heterocycles. The molecular formula is C19H29N5O2. The molecule has 26 heavy (non-hydrogen) atoms. The number of amides is 2. The van der Waals surface area contributed by atoms with E-state index in [1.165, 1.54) is 6.33 Å². The second kappa shape index (κ2) is 8.12. The fraction of sp³-hybridized carbons (Fsp3) is 0.684. The second-order valence-corrected chi connectivity index (χ2v) is 7.70. The zero-order chi connectivity index (χ0) is 18.6. The largest absolute Gasteiger partial charge is 0.343 e. The molecular weight excluding hydrogens is 330 g/mol. The van der Waals surface area contributed by atoms with Gasteiger partial charge in [0.25, 0.3) is 0 Å². The van der Waals surface area contributed by atoms with Crippen molar-refractivity contribution in [1.82, 2.24) is 24.7 Å². The van der Waals surface area contributed by atoms with Crippen LogP contribution in [0.3, 0.4) is 0 Å². The van der Waals surface area contributed by atoms with E-state index in [1.807, 2.05) is 19.0 Å². The van der Waals surface area contributed by atoms with E-state index in [4.69, 9.17) is 0 Å². The summed E-state index contributed by atoms with van der Waals surface area (Å²) < 4.78 is 0. The third-order valence-electron chi connectivity index (χ3n) is 5.74. The highest BCUT2D eigenvalue weighted by Crippen LogP contribution is 2.39. The molecule has 1 spiro atoms. The van der Waals surface area contributed by atoms with Crippen LogP contribution in [0.4, 0.5) is 0 Å². The normalized spacial score (nSPS) is 19.6. The first kappa shape index (κ1) is 18.8. The van der Waals surface area contributed by atoms with Gasteiger partial charge in [-0.15, -0.1) is 0 Å². The highest BCUT2D eigenvalue weighted by Gasteiger charge is 2.46. The van der Waals surface area contributed by atoms with E-state index in [9.17, 15) is 9.59 Å². The highest BCUT2D eigenvalue weighted by atomic mass is 16.2. The molecule has 0 atom stereocenters. The maximum Gasteiger partial charge on any atom is 0.223 e. The predicted molar refractivity (Wildman–Crippen MR) is 98.4 cm³/mol. The maximum atomic E-state index is 12.5. The number of aryl methyl sites for hydroxylation is 1. The van der Waals surface area contributed by atoms with Gasteiger partial charge in [0.2, 0.25) is 11.8 Å². The number of piperidine rings is 1. The van der Waals surface area contributed by atoms with E-state index >= 15 is 0 Å². The van der Waals surface area contributed by atoms with Gasteiger partial charge in [0.05, 0.1) is 0 Å². The van der Waals surface area contributed by atoms with Crippen molar-refractivity contribution in [3.63, 3.8) is 0 Å². The van der Waals surface area contributed by atoms with Gasteiger partial charge < -0.3 is 14.7 Å². The number of likely N-dealkylation sites (N-methyl/N-ethyl adjacent to an activating group) is 1. The summed E-state index contributed by atoms with van der Waals surface area (Å²) in [5.74, 6) is 0.462. The van der Waals surface area contributed by atoms with Crippen LogP contribution in [0.15, 0.2) is 18.7 Å². The molecule has 2 aliphatic rings. The average molecular weight is 359 g/mol. The number of hydrogen-bond acceptors (Lipinski definition) is 5. The number of aromatic nitrogens is 2. The number of carbonyl (C=O) groups excluding carboxylic acids is 2. The minimum Gasteiger partial charge on any atom is -0.343 e. The lowest BCUT2D eigenvalue weighted by Gasteiger charge is -2.45. The van der Waals surface area contributed by atoms with E-state index in [0.29, 0.717) is 19.3 Å². The van der Waals surface area contributed by atoms with Crippen LogP contribution < -0.4 is 0 Å². The van der Waals surface area contributed by atoms with Crippen molar-refractivity contribution in [1.29, 1.82) is 0 Å². The topological polar surface area (TPSA) is 69.6 Å². The van der Waals surface area contributed by atoms with Crippen LogP contribution in [-0.4, -0.2) is 82.3 Å². The average Bonchev–Trinajstić information content (AvgIpc) is 2.95. The molecule has 7 nitrogen and oxygen atoms in total. The van der Waals surface area contributed by atoms with Crippen molar-refractivity contribution < 1.29 is 9.59 Å². The monoisotopic (exact) mass is 359 g/mol. The van der Waals surface area contributed by atoms with Gasteiger partial charge in [0.1, 0.15) is 6.33 Å². The van der Waals surface area contributed by atoms with Crippen molar-refractivity contribution in [2.45, 2.75) is 44.1 Å². The summed E-state index contributed by atoms with van der Waals surface area (Å²) >= 11 is 0. The standard InChI is InChI=1S/C19H29N5O2/c1-22(2)11-12-24-18(26)5-6-19(24)7-9-23(10-8-19)17(25)4-3-16-13-20-15-21-14-16/h13-15H,3-12H2,1-2H3. The van der Waals surface area contributed by atoms with Crippen molar-refractivity contribution in [2.24, 2.45) is 0 Å². The summed E-state index contributed by atoms with van der Waals surface area (Å²) in [6.07, 6.45) is 9.56. The zero-order valence-electron chi connectivity index (χ0n) is 15.9. The molecule has 2 fully saturated rings. The van der Waals surface area contributed by atoms with Crippen molar-refractivity contribution in [2.75, 3.05) is 40.3 Å². The van der Waals surface area contributed by atoms with Crippen LogP contribution in [0.5, 0.6) is 0 Å². The van der Waals surface area contributed by atoms with Gasteiger partial charge in [0, 0.05) is 57.0 Å². The zero-order valence-corrected chi connectivity index (χ0v) is 15.9. The van der Waals surface area contributed by atoms with E-state index in [-0.39, 0.29) is 17.4 Å². The summed E-state index contributed by atoms with van der Waals surface area (Å²) in [6.45, 7) is 3.16. The molecule has 0 unspecified atom stereocenters. The van der Waals surface area contributed by atoms with Crippen molar-refractivity contribution >= 4 is 11.8 Å². The Bertz CT molecular complexity index is 626. The summed E-state index contributed by atoms with van der Waals surface area (Å²) in [6, 6.07) is 0. The molecule has 0 N–H and O–H groups in total. The quantitative estimate of drug-likeness (QED) is 0.756. The van der Waals surface area contributed by atoms with Gasteiger partial charge in [-0.2, -0.15) is 0 Å². The summed E-state index contributed by atoms with van der Waals surface area (Å²) in [4.78, 5) is 39.0. The predicted octanol–water partition coefficient (Wildman–Crippen LogP) is 0.954. The Morgan fingerprint density at radius 1 is 1.19 bits per heavy atom. The molecule has 1 aromatic rings. The molecule has 1 aromatic heterocycles. The molecule has 0 saturated carbocycles. The van der Waals surface area contributed by atoms with Gasteiger partial charge in [-0.25, -0.2) is 9.97 Å². The Morgan fingerprint density at radius 3 is 2.54 bits per heavy atom. The fourth-order valence-corrected chi connectivity index (χ4v) is 4.10. The summed E-state index contributed by atoms with van der Waals surface area (Å²) in [5, 5.41) is 0. The molecule has 0 bridgehead atoms. The van der Waals surface area contributed by atoms with Crippen molar-refractivity contribution in [3.05, 3.63) is 24.3 Å². The smallest absolute Gasteiger partial charge is 0.223 e. The number of rotatable bonds is 6. The Kier molecular flexibility index (Phi) is 5.86. The van der Waals surface area contributed by atoms with E-state index < -0.39 is 0 Å². The third kappa shape index (κ3) is 4.20. The number of likely N-dealkylation sites (tertiary alicyclic amines) is 2. The minimum atomic E-state index is -0.0306. The first-order valence-electron chi connectivity index (χ1n) is 9.47. The molecule has 2 amide bonds. The lowest BCUT2D eigenvalue weighted by Crippen LogP contribution is -2.55. The SMILES string of the molecule is CN(C)CCN1C(=O)CCC12CCN(C(=O)CCc1cncnc1)CC2. The fourth-order valence-electron chi connectivity index (χ4n) is 4.10. The molecule has 0 radical (unpaired) electrons. The highest BCUT2D eigenvalue weighted by molar-refractivity contribution is 5.80. The second-order valence-electron chi connectivity index (χ2n) is 7.70. The van der Waals surface area contributed by atoms with Gasteiger partial charge >= 0.3 is 0 Å². The van der Waals surface area contributed by atoms with Crippen LogP contribution >= 0.6 is 0 Å². The van der Waals surface area contributed by atoms with Gasteiger partial charge in [0.15, 0.2) is 0 Å².